The number of methoxy groups -OCH3 is 1. The molecule has 2 aliphatic heterocycles. The van der Waals surface area contributed by atoms with Gasteiger partial charge in [0, 0.05) is 13.1 Å². The maximum Gasteiger partial charge on any atom is 0.238 e. The average molecular weight is 326 g/mol. The summed E-state index contributed by atoms with van der Waals surface area (Å²) in [5.41, 5.74) is 1.86. The third kappa shape index (κ3) is 3.72. The Morgan fingerprint density at radius 2 is 2.05 bits per heavy atom. The quantitative estimate of drug-likeness (QED) is 0.881. The van der Waals surface area contributed by atoms with Crippen LogP contribution in [0.2, 0.25) is 0 Å². The fraction of sp³-hybridized carbons (Fsp3) is 0.562. The number of hydrogen-bond acceptors (Lipinski definition) is 4. The Labute approximate surface area is 137 Å². The van der Waals surface area contributed by atoms with Gasteiger partial charge < -0.3 is 15.4 Å². The number of benzene rings is 1. The van der Waals surface area contributed by atoms with Crippen LogP contribution in [0.4, 0.5) is 5.69 Å². The van der Waals surface area contributed by atoms with Gasteiger partial charge in [-0.15, -0.1) is 12.4 Å². The highest BCUT2D eigenvalue weighted by atomic mass is 35.5. The van der Waals surface area contributed by atoms with Crippen molar-refractivity contribution in [1.82, 2.24) is 10.2 Å². The largest absolute Gasteiger partial charge is 0.495 e. The van der Waals surface area contributed by atoms with Gasteiger partial charge in [-0.25, -0.2) is 0 Å². The van der Waals surface area contributed by atoms with Crippen LogP contribution in [-0.2, 0) is 4.79 Å². The summed E-state index contributed by atoms with van der Waals surface area (Å²) in [6.45, 7) is 6.70. The molecule has 122 valence electrons. The highest BCUT2D eigenvalue weighted by molar-refractivity contribution is 5.93. The van der Waals surface area contributed by atoms with Gasteiger partial charge in [0.2, 0.25) is 5.91 Å². The Kier molecular flexibility index (Phi) is 5.67. The Hall–Kier alpha value is -1.30. The molecular weight excluding hydrogens is 302 g/mol. The van der Waals surface area contributed by atoms with Crippen molar-refractivity contribution in [2.24, 2.45) is 11.8 Å². The van der Waals surface area contributed by atoms with Crippen LogP contribution >= 0.6 is 12.4 Å². The molecule has 1 amide bonds. The van der Waals surface area contributed by atoms with Crippen LogP contribution in [0.1, 0.15) is 5.56 Å². The lowest BCUT2D eigenvalue weighted by molar-refractivity contribution is -0.117. The molecule has 0 radical (unpaired) electrons. The number of ether oxygens (including phenoxy) is 1. The van der Waals surface area contributed by atoms with Crippen molar-refractivity contribution >= 4 is 24.0 Å². The number of likely N-dealkylation sites (tertiary alicyclic amines) is 1. The first kappa shape index (κ1) is 17.1. The molecule has 0 saturated carbocycles. The van der Waals surface area contributed by atoms with Crippen LogP contribution in [0.15, 0.2) is 18.2 Å². The Morgan fingerprint density at radius 1 is 1.36 bits per heavy atom. The minimum absolute atomic E-state index is 0. The first-order chi connectivity index (χ1) is 10.2. The van der Waals surface area contributed by atoms with Crippen LogP contribution in [0.25, 0.3) is 0 Å². The molecule has 5 nitrogen and oxygen atoms in total. The maximum absolute atomic E-state index is 12.2. The van der Waals surface area contributed by atoms with Crippen molar-refractivity contribution in [2.45, 2.75) is 6.92 Å². The molecule has 2 N–H and O–H groups in total. The second kappa shape index (κ2) is 7.31. The molecule has 1 aromatic rings. The van der Waals surface area contributed by atoms with Crippen LogP contribution in [0.5, 0.6) is 5.75 Å². The van der Waals surface area contributed by atoms with E-state index in [-0.39, 0.29) is 18.3 Å². The zero-order valence-corrected chi connectivity index (χ0v) is 13.9. The summed E-state index contributed by atoms with van der Waals surface area (Å²) in [5, 5.41) is 6.39. The molecule has 0 bridgehead atoms. The van der Waals surface area contributed by atoms with Crippen molar-refractivity contribution < 1.29 is 9.53 Å². The van der Waals surface area contributed by atoms with E-state index in [2.05, 4.69) is 15.5 Å². The number of rotatable bonds is 4. The summed E-state index contributed by atoms with van der Waals surface area (Å²) in [6, 6.07) is 5.80. The number of amides is 1. The second-order valence-electron chi connectivity index (χ2n) is 6.12. The van der Waals surface area contributed by atoms with Gasteiger partial charge in [-0.05, 0) is 49.5 Å². The van der Waals surface area contributed by atoms with Gasteiger partial charge in [-0.1, -0.05) is 6.07 Å². The predicted molar refractivity (Wildman–Crippen MR) is 89.9 cm³/mol. The minimum Gasteiger partial charge on any atom is -0.495 e. The second-order valence-corrected chi connectivity index (χ2v) is 6.12. The van der Waals surface area contributed by atoms with Crippen molar-refractivity contribution in [2.75, 3.05) is 45.2 Å². The number of hydrogen-bond donors (Lipinski definition) is 2. The molecule has 22 heavy (non-hydrogen) atoms. The number of nitrogens with one attached hydrogen (secondary N) is 2. The number of carbonyl (C=O) groups is 1. The summed E-state index contributed by atoms with van der Waals surface area (Å²) in [4.78, 5) is 14.5. The van der Waals surface area contributed by atoms with Gasteiger partial charge in [-0.3, -0.25) is 9.69 Å². The molecule has 2 atom stereocenters. The first-order valence-corrected chi connectivity index (χ1v) is 7.53. The van der Waals surface area contributed by atoms with Crippen LogP contribution in [0, 0.1) is 18.8 Å². The van der Waals surface area contributed by atoms with Crippen LogP contribution < -0.4 is 15.4 Å². The monoisotopic (exact) mass is 325 g/mol. The molecule has 1 aromatic carbocycles. The van der Waals surface area contributed by atoms with E-state index in [4.69, 9.17) is 4.74 Å². The molecule has 0 aliphatic carbocycles. The third-order valence-electron chi connectivity index (χ3n) is 4.46. The molecule has 3 rings (SSSR count). The van der Waals surface area contributed by atoms with Gasteiger partial charge >= 0.3 is 0 Å². The topological polar surface area (TPSA) is 53.6 Å². The SMILES string of the molecule is COc1ccc(C)cc1NC(=O)CN1C[C@H]2CNC[C@H]2C1.Cl. The lowest BCUT2D eigenvalue weighted by Crippen LogP contribution is -2.33. The average Bonchev–Trinajstić information content (AvgIpc) is 2.99. The van der Waals surface area contributed by atoms with Gasteiger partial charge in [0.1, 0.15) is 5.75 Å². The zero-order chi connectivity index (χ0) is 14.8. The fourth-order valence-corrected chi connectivity index (χ4v) is 3.39. The smallest absolute Gasteiger partial charge is 0.238 e. The number of anilines is 1. The van der Waals surface area contributed by atoms with E-state index in [0.29, 0.717) is 24.1 Å². The fourth-order valence-electron chi connectivity index (χ4n) is 3.39. The summed E-state index contributed by atoms with van der Waals surface area (Å²) >= 11 is 0. The van der Waals surface area contributed by atoms with Crippen molar-refractivity contribution in [3.05, 3.63) is 23.8 Å². The summed E-state index contributed by atoms with van der Waals surface area (Å²) in [7, 11) is 1.62. The summed E-state index contributed by atoms with van der Waals surface area (Å²) < 4.78 is 5.30. The molecule has 2 heterocycles. The van der Waals surface area contributed by atoms with E-state index in [0.717, 1.165) is 37.4 Å². The molecule has 2 fully saturated rings. The molecule has 2 aliphatic rings. The Balaban J connectivity index is 0.00000176. The van der Waals surface area contributed by atoms with Crippen molar-refractivity contribution in [1.29, 1.82) is 0 Å². The Bertz CT molecular complexity index is 526. The molecular formula is C16H24ClN3O2. The molecule has 0 spiro atoms. The number of nitrogens with zero attached hydrogens (tertiary/aromatic N) is 1. The van der Waals surface area contributed by atoms with E-state index in [1.54, 1.807) is 7.11 Å². The lowest BCUT2D eigenvalue weighted by atomic mass is 10.0. The standard InChI is InChI=1S/C16H23N3O2.ClH/c1-11-3-4-15(21-2)14(5-11)18-16(20)10-19-8-12-6-17-7-13(12)9-19;/h3-5,12-13,17H,6-10H2,1-2H3,(H,18,20);1H/t12-,13+;. The van der Waals surface area contributed by atoms with Crippen molar-refractivity contribution in [3.63, 3.8) is 0 Å². The maximum atomic E-state index is 12.2. The Morgan fingerprint density at radius 3 is 2.68 bits per heavy atom. The normalized spacial score (nSPS) is 23.7. The highest BCUT2D eigenvalue weighted by Crippen LogP contribution is 2.27. The predicted octanol–water partition coefficient (Wildman–Crippen LogP) is 1.52. The minimum atomic E-state index is 0. The third-order valence-corrected chi connectivity index (χ3v) is 4.46. The highest BCUT2D eigenvalue weighted by Gasteiger charge is 2.36. The summed E-state index contributed by atoms with van der Waals surface area (Å²) in [5.74, 6) is 2.17. The number of fused-ring (bicyclic) bond motifs is 1. The first-order valence-electron chi connectivity index (χ1n) is 7.53. The molecule has 2 saturated heterocycles. The number of halogens is 1. The molecule has 0 unspecified atom stereocenters. The van der Waals surface area contributed by atoms with Gasteiger partial charge in [0.25, 0.3) is 0 Å². The van der Waals surface area contributed by atoms with E-state index in [1.165, 1.54) is 0 Å². The van der Waals surface area contributed by atoms with Gasteiger partial charge in [0.05, 0.1) is 19.3 Å². The number of carbonyl (C=O) groups excluding carboxylic acids is 1. The summed E-state index contributed by atoms with van der Waals surface area (Å²) in [6.07, 6.45) is 0. The number of aryl methyl sites for hydroxylation is 1. The lowest BCUT2D eigenvalue weighted by Gasteiger charge is -2.17. The van der Waals surface area contributed by atoms with E-state index < -0.39 is 0 Å². The van der Waals surface area contributed by atoms with E-state index in [1.807, 2.05) is 25.1 Å². The molecule has 0 aromatic heterocycles. The van der Waals surface area contributed by atoms with Gasteiger partial charge in [0.15, 0.2) is 0 Å². The van der Waals surface area contributed by atoms with Crippen LogP contribution in [-0.4, -0.2) is 50.6 Å². The van der Waals surface area contributed by atoms with Gasteiger partial charge in [-0.2, -0.15) is 0 Å². The molecule has 6 heteroatoms. The van der Waals surface area contributed by atoms with E-state index in [9.17, 15) is 4.79 Å². The van der Waals surface area contributed by atoms with Crippen molar-refractivity contribution in [3.8, 4) is 5.75 Å². The zero-order valence-electron chi connectivity index (χ0n) is 13.1. The van der Waals surface area contributed by atoms with Crippen LogP contribution in [0.3, 0.4) is 0 Å². The van der Waals surface area contributed by atoms with E-state index >= 15 is 0 Å².